The van der Waals surface area contributed by atoms with Crippen LogP contribution in [0.4, 0.5) is 4.39 Å². The second kappa shape index (κ2) is 4.00. The van der Waals surface area contributed by atoms with Crippen molar-refractivity contribution < 1.29 is 9.50 Å². The normalized spacial score (nSPS) is 10.6. The fourth-order valence-corrected chi connectivity index (χ4v) is 1.49. The zero-order chi connectivity index (χ0) is 10.8. The molecule has 0 atom stereocenters. The average Bonchev–Trinajstić information content (AvgIpc) is 2.64. The first kappa shape index (κ1) is 10.1. The third-order valence-corrected chi connectivity index (χ3v) is 2.25. The van der Waals surface area contributed by atoms with Gasteiger partial charge in [-0.25, -0.2) is 9.07 Å². The molecule has 2 rings (SSSR count). The fraction of sp³-hybridized carbons (Fsp3) is 0.100. The highest BCUT2D eigenvalue weighted by Crippen LogP contribution is 2.19. The first-order chi connectivity index (χ1) is 7.22. The van der Waals surface area contributed by atoms with Crippen molar-refractivity contribution in [1.29, 1.82) is 0 Å². The Morgan fingerprint density at radius 1 is 1.47 bits per heavy atom. The van der Waals surface area contributed by atoms with Crippen molar-refractivity contribution >= 4 is 11.6 Å². The summed E-state index contributed by atoms with van der Waals surface area (Å²) in [4.78, 5) is 0. The van der Waals surface area contributed by atoms with Crippen LogP contribution in [0.15, 0.2) is 30.6 Å². The Morgan fingerprint density at radius 3 is 2.87 bits per heavy atom. The Labute approximate surface area is 90.7 Å². The monoisotopic (exact) mass is 226 g/mol. The van der Waals surface area contributed by atoms with Gasteiger partial charge in [0.05, 0.1) is 23.5 Å². The first-order valence-corrected chi connectivity index (χ1v) is 4.69. The van der Waals surface area contributed by atoms with E-state index < -0.39 is 5.82 Å². The van der Waals surface area contributed by atoms with Crippen LogP contribution in [0.25, 0.3) is 5.69 Å². The van der Waals surface area contributed by atoms with Crippen LogP contribution in [0, 0.1) is 5.82 Å². The number of benzene rings is 1. The highest BCUT2D eigenvalue weighted by atomic mass is 35.5. The van der Waals surface area contributed by atoms with E-state index >= 15 is 0 Å². The Hall–Kier alpha value is -1.39. The van der Waals surface area contributed by atoms with Crippen molar-refractivity contribution in [3.05, 3.63) is 47.0 Å². The molecule has 0 spiro atoms. The van der Waals surface area contributed by atoms with Crippen molar-refractivity contribution in [2.45, 2.75) is 6.61 Å². The molecule has 1 N–H and O–H groups in total. The van der Waals surface area contributed by atoms with Gasteiger partial charge in [0.15, 0.2) is 0 Å². The molecule has 78 valence electrons. The van der Waals surface area contributed by atoms with Crippen molar-refractivity contribution in [2.75, 3.05) is 0 Å². The van der Waals surface area contributed by atoms with E-state index in [1.807, 2.05) is 0 Å². The van der Waals surface area contributed by atoms with Gasteiger partial charge in [0, 0.05) is 11.8 Å². The van der Waals surface area contributed by atoms with Crippen LogP contribution in [0.5, 0.6) is 0 Å². The molecule has 0 unspecified atom stereocenters. The Morgan fingerprint density at radius 2 is 2.27 bits per heavy atom. The first-order valence-electron chi connectivity index (χ1n) is 4.31. The molecule has 0 amide bonds. The lowest BCUT2D eigenvalue weighted by Crippen LogP contribution is -2.02. The molecule has 0 aliphatic carbocycles. The quantitative estimate of drug-likeness (QED) is 0.852. The molecule has 0 saturated carbocycles. The van der Waals surface area contributed by atoms with Gasteiger partial charge >= 0.3 is 0 Å². The molecule has 0 aliphatic rings. The summed E-state index contributed by atoms with van der Waals surface area (Å²) < 4.78 is 14.7. The summed E-state index contributed by atoms with van der Waals surface area (Å²) in [7, 11) is 0. The number of hydrogen-bond donors (Lipinski definition) is 1. The van der Waals surface area contributed by atoms with Crippen LogP contribution in [-0.2, 0) is 6.61 Å². The minimum Gasteiger partial charge on any atom is -0.391 e. The third-order valence-electron chi connectivity index (χ3n) is 2.05. The van der Waals surface area contributed by atoms with E-state index in [0.29, 0.717) is 10.7 Å². The number of aliphatic hydroxyl groups excluding tert-OH is 1. The largest absolute Gasteiger partial charge is 0.391 e. The number of rotatable bonds is 2. The maximum absolute atomic E-state index is 13.3. The van der Waals surface area contributed by atoms with Gasteiger partial charge in [-0.3, -0.25) is 0 Å². The molecule has 1 aromatic heterocycles. The van der Waals surface area contributed by atoms with Crippen molar-refractivity contribution in [2.24, 2.45) is 0 Å². The van der Waals surface area contributed by atoms with Gasteiger partial charge in [-0.2, -0.15) is 5.10 Å². The lowest BCUT2D eigenvalue weighted by atomic mass is 10.2. The second-order valence-electron chi connectivity index (χ2n) is 3.00. The molecule has 3 nitrogen and oxygen atoms in total. The summed E-state index contributed by atoms with van der Waals surface area (Å²) in [5, 5.41) is 13.5. The van der Waals surface area contributed by atoms with E-state index in [0.717, 1.165) is 0 Å². The number of nitrogens with zero attached hydrogens (tertiary/aromatic N) is 2. The Kier molecular flexibility index (Phi) is 2.70. The highest BCUT2D eigenvalue weighted by Gasteiger charge is 2.09. The zero-order valence-corrected chi connectivity index (χ0v) is 8.45. The average molecular weight is 227 g/mol. The molecule has 0 radical (unpaired) electrons. The lowest BCUT2D eigenvalue weighted by Gasteiger charge is -2.07. The minimum absolute atomic E-state index is 0.206. The summed E-state index contributed by atoms with van der Waals surface area (Å²) in [6.45, 7) is -0.376. The predicted octanol–water partition coefficient (Wildman–Crippen LogP) is 2.16. The Bertz CT molecular complexity index is 484. The highest BCUT2D eigenvalue weighted by molar-refractivity contribution is 6.30. The van der Waals surface area contributed by atoms with Gasteiger partial charge in [0.1, 0.15) is 5.82 Å². The van der Waals surface area contributed by atoms with Gasteiger partial charge in [0.25, 0.3) is 0 Å². The van der Waals surface area contributed by atoms with E-state index in [1.165, 1.54) is 16.9 Å². The molecule has 15 heavy (non-hydrogen) atoms. The van der Waals surface area contributed by atoms with E-state index in [1.54, 1.807) is 18.3 Å². The number of aliphatic hydroxyl groups is 1. The molecular weight excluding hydrogens is 219 g/mol. The maximum atomic E-state index is 13.3. The molecule has 1 heterocycles. The van der Waals surface area contributed by atoms with Crippen LogP contribution in [0.1, 0.15) is 5.56 Å². The van der Waals surface area contributed by atoms with Crippen molar-refractivity contribution in [1.82, 2.24) is 9.78 Å². The zero-order valence-electron chi connectivity index (χ0n) is 7.69. The van der Waals surface area contributed by atoms with Gasteiger partial charge in [0.2, 0.25) is 0 Å². The van der Waals surface area contributed by atoms with Gasteiger partial charge < -0.3 is 5.11 Å². The van der Waals surface area contributed by atoms with E-state index in [2.05, 4.69) is 5.10 Å². The predicted molar refractivity (Wildman–Crippen MR) is 54.5 cm³/mol. The molecule has 0 bridgehead atoms. The topological polar surface area (TPSA) is 38.0 Å². The minimum atomic E-state index is -0.457. The summed E-state index contributed by atoms with van der Waals surface area (Å²) >= 11 is 5.71. The molecule has 0 aliphatic heterocycles. The van der Waals surface area contributed by atoms with E-state index in [9.17, 15) is 4.39 Å². The van der Waals surface area contributed by atoms with Gasteiger partial charge in [-0.05, 0) is 12.1 Å². The molecular formula is C10H8ClFN2O. The van der Waals surface area contributed by atoms with Crippen LogP contribution in [0.3, 0.4) is 0 Å². The molecule has 5 heteroatoms. The van der Waals surface area contributed by atoms with Gasteiger partial charge in [-0.1, -0.05) is 17.7 Å². The number of aromatic nitrogens is 2. The number of halogens is 2. The van der Waals surface area contributed by atoms with Gasteiger partial charge in [-0.15, -0.1) is 0 Å². The van der Waals surface area contributed by atoms with Crippen LogP contribution < -0.4 is 0 Å². The second-order valence-corrected chi connectivity index (χ2v) is 3.44. The summed E-state index contributed by atoms with van der Waals surface area (Å²) in [6.07, 6.45) is 3.00. The molecule has 1 aromatic carbocycles. The smallest absolute Gasteiger partial charge is 0.130 e. The van der Waals surface area contributed by atoms with Crippen molar-refractivity contribution in [3.8, 4) is 5.69 Å². The van der Waals surface area contributed by atoms with Crippen LogP contribution >= 0.6 is 11.6 Å². The molecule has 2 aromatic rings. The van der Waals surface area contributed by atoms with E-state index in [4.69, 9.17) is 16.7 Å². The SMILES string of the molecule is OCc1c(F)cccc1-n1cc(Cl)cn1. The molecule has 0 fully saturated rings. The standard InChI is InChI=1S/C10H8ClFN2O/c11-7-4-13-14(5-7)10-3-1-2-9(12)8(10)6-15/h1-5,15H,6H2. The summed E-state index contributed by atoms with van der Waals surface area (Å²) in [5.74, 6) is -0.457. The Balaban J connectivity index is 2.57. The summed E-state index contributed by atoms with van der Waals surface area (Å²) in [6, 6.07) is 4.51. The fourth-order valence-electron chi connectivity index (χ4n) is 1.35. The van der Waals surface area contributed by atoms with Crippen LogP contribution in [-0.4, -0.2) is 14.9 Å². The third kappa shape index (κ3) is 1.86. The van der Waals surface area contributed by atoms with Crippen molar-refractivity contribution in [3.63, 3.8) is 0 Å². The lowest BCUT2D eigenvalue weighted by molar-refractivity contribution is 0.275. The van der Waals surface area contributed by atoms with Crippen LogP contribution in [0.2, 0.25) is 5.02 Å². The summed E-state index contributed by atoms with van der Waals surface area (Å²) in [5.41, 5.74) is 0.696. The maximum Gasteiger partial charge on any atom is 0.130 e. The molecule has 0 saturated heterocycles. The number of hydrogen-bond acceptors (Lipinski definition) is 2. The van der Waals surface area contributed by atoms with E-state index in [-0.39, 0.29) is 12.2 Å².